The normalized spacial score (nSPS) is 16.1. The quantitative estimate of drug-likeness (QED) is 0.754. The van der Waals surface area contributed by atoms with Crippen LogP contribution in [-0.4, -0.2) is 25.5 Å². The average molecular weight is 281 g/mol. The van der Waals surface area contributed by atoms with Gasteiger partial charge in [-0.1, -0.05) is 30.7 Å². The highest BCUT2D eigenvalue weighted by atomic mass is 35.5. The van der Waals surface area contributed by atoms with Crippen LogP contribution in [0.2, 0.25) is 5.02 Å². The fourth-order valence-corrected chi connectivity index (χ4v) is 2.40. The standard InChI is InChI=1S/C15H21ClN2O/c1-2-9-17-10-11-18-14(19)15(7-8-15)12-3-5-13(16)6-4-12/h3-6,17H,2,7-11H2,1H3,(H,18,19). The Kier molecular flexibility index (Phi) is 4.83. The van der Waals surface area contributed by atoms with Crippen LogP contribution < -0.4 is 10.6 Å². The zero-order valence-electron chi connectivity index (χ0n) is 11.3. The largest absolute Gasteiger partial charge is 0.354 e. The molecule has 2 N–H and O–H groups in total. The molecule has 3 nitrogen and oxygen atoms in total. The van der Waals surface area contributed by atoms with E-state index in [1.54, 1.807) is 0 Å². The molecule has 1 fully saturated rings. The summed E-state index contributed by atoms with van der Waals surface area (Å²) in [5, 5.41) is 7.01. The summed E-state index contributed by atoms with van der Waals surface area (Å²) in [7, 11) is 0. The lowest BCUT2D eigenvalue weighted by Crippen LogP contribution is -2.38. The zero-order chi connectivity index (χ0) is 13.7. The number of halogens is 1. The number of hydrogen-bond donors (Lipinski definition) is 2. The van der Waals surface area contributed by atoms with Crippen LogP contribution >= 0.6 is 11.6 Å². The Morgan fingerprint density at radius 2 is 1.89 bits per heavy atom. The molecular weight excluding hydrogens is 260 g/mol. The Bertz CT molecular complexity index is 426. The molecule has 0 radical (unpaired) electrons. The van der Waals surface area contributed by atoms with Crippen molar-refractivity contribution in [3.8, 4) is 0 Å². The van der Waals surface area contributed by atoms with Gasteiger partial charge < -0.3 is 10.6 Å². The minimum atomic E-state index is -0.296. The van der Waals surface area contributed by atoms with Crippen LogP contribution in [-0.2, 0) is 10.2 Å². The van der Waals surface area contributed by atoms with Gasteiger partial charge in [-0.2, -0.15) is 0 Å². The monoisotopic (exact) mass is 280 g/mol. The first-order valence-corrected chi connectivity index (χ1v) is 7.32. The molecule has 0 unspecified atom stereocenters. The van der Waals surface area contributed by atoms with E-state index in [-0.39, 0.29) is 11.3 Å². The molecule has 0 spiro atoms. The van der Waals surface area contributed by atoms with Crippen LogP contribution in [0, 0.1) is 0 Å². The number of nitrogens with one attached hydrogen (secondary N) is 2. The SMILES string of the molecule is CCCNCCNC(=O)C1(c2ccc(Cl)cc2)CC1. The maximum atomic E-state index is 12.3. The fraction of sp³-hybridized carbons (Fsp3) is 0.533. The summed E-state index contributed by atoms with van der Waals surface area (Å²) in [4.78, 5) is 12.3. The molecule has 4 heteroatoms. The molecule has 1 aliphatic rings. The molecule has 1 aliphatic carbocycles. The predicted octanol–water partition coefficient (Wildman–Crippen LogP) is 2.49. The molecule has 0 heterocycles. The molecule has 0 saturated heterocycles. The first-order chi connectivity index (χ1) is 9.19. The van der Waals surface area contributed by atoms with Crippen molar-refractivity contribution in [1.29, 1.82) is 0 Å². The minimum absolute atomic E-state index is 0.146. The highest BCUT2D eigenvalue weighted by molar-refractivity contribution is 6.30. The van der Waals surface area contributed by atoms with Gasteiger partial charge >= 0.3 is 0 Å². The Morgan fingerprint density at radius 1 is 1.21 bits per heavy atom. The molecule has 1 aromatic carbocycles. The van der Waals surface area contributed by atoms with Crippen molar-refractivity contribution in [2.75, 3.05) is 19.6 Å². The molecule has 0 aromatic heterocycles. The summed E-state index contributed by atoms with van der Waals surface area (Å²) in [5.41, 5.74) is 0.783. The number of carbonyl (C=O) groups is 1. The summed E-state index contributed by atoms with van der Waals surface area (Å²) < 4.78 is 0. The summed E-state index contributed by atoms with van der Waals surface area (Å²) in [5.74, 6) is 0.146. The van der Waals surface area contributed by atoms with E-state index in [0.29, 0.717) is 11.6 Å². The molecule has 1 amide bonds. The van der Waals surface area contributed by atoms with Gasteiger partial charge in [-0.3, -0.25) is 4.79 Å². The van der Waals surface area contributed by atoms with Crippen LogP contribution in [0.3, 0.4) is 0 Å². The lowest BCUT2D eigenvalue weighted by atomic mass is 9.95. The van der Waals surface area contributed by atoms with Crippen molar-refractivity contribution in [1.82, 2.24) is 10.6 Å². The summed E-state index contributed by atoms with van der Waals surface area (Å²) in [6.45, 7) is 4.65. The molecule has 1 saturated carbocycles. The van der Waals surface area contributed by atoms with Crippen LogP contribution in [0.15, 0.2) is 24.3 Å². The fourth-order valence-electron chi connectivity index (χ4n) is 2.28. The predicted molar refractivity (Wildman–Crippen MR) is 78.5 cm³/mol. The lowest BCUT2D eigenvalue weighted by Gasteiger charge is -2.16. The second-order valence-corrected chi connectivity index (χ2v) is 5.53. The van der Waals surface area contributed by atoms with Crippen LogP contribution in [0.1, 0.15) is 31.7 Å². The third-order valence-corrected chi connectivity index (χ3v) is 3.85. The van der Waals surface area contributed by atoms with E-state index < -0.39 is 0 Å². The van der Waals surface area contributed by atoms with E-state index in [2.05, 4.69) is 17.6 Å². The Hall–Kier alpha value is -1.06. The molecule has 0 atom stereocenters. The number of carbonyl (C=O) groups excluding carboxylic acids is 1. The van der Waals surface area contributed by atoms with Gasteiger partial charge in [0.05, 0.1) is 5.41 Å². The number of rotatable bonds is 7. The van der Waals surface area contributed by atoms with Crippen molar-refractivity contribution in [3.05, 3.63) is 34.9 Å². The Morgan fingerprint density at radius 3 is 2.47 bits per heavy atom. The van der Waals surface area contributed by atoms with Gasteiger partial charge in [0.25, 0.3) is 0 Å². The van der Waals surface area contributed by atoms with Crippen molar-refractivity contribution >= 4 is 17.5 Å². The maximum absolute atomic E-state index is 12.3. The summed E-state index contributed by atoms with van der Waals surface area (Å²) >= 11 is 5.89. The van der Waals surface area contributed by atoms with Crippen molar-refractivity contribution < 1.29 is 4.79 Å². The number of benzene rings is 1. The highest BCUT2D eigenvalue weighted by Gasteiger charge is 2.50. The number of amides is 1. The van der Waals surface area contributed by atoms with Gasteiger partial charge in [0.2, 0.25) is 5.91 Å². The van der Waals surface area contributed by atoms with Gasteiger partial charge in [-0.25, -0.2) is 0 Å². The third kappa shape index (κ3) is 3.48. The third-order valence-electron chi connectivity index (χ3n) is 3.60. The van der Waals surface area contributed by atoms with Crippen LogP contribution in [0.5, 0.6) is 0 Å². The van der Waals surface area contributed by atoms with Gasteiger partial charge in [0.15, 0.2) is 0 Å². The second kappa shape index (κ2) is 6.40. The smallest absolute Gasteiger partial charge is 0.230 e. The minimum Gasteiger partial charge on any atom is -0.354 e. The van der Waals surface area contributed by atoms with Crippen LogP contribution in [0.4, 0.5) is 0 Å². The van der Waals surface area contributed by atoms with Crippen LogP contribution in [0.25, 0.3) is 0 Å². The molecule has 19 heavy (non-hydrogen) atoms. The Labute approximate surface area is 119 Å². The lowest BCUT2D eigenvalue weighted by molar-refractivity contribution is -0.123. The highest BCUT2D eigenvalue weighted by Crippen LogP contribution is 2.48. The average Bonchev–Trinajstić information content (AvgIpc) is 3.21. The second-order valence-electron chi connectivity index (χ2n) is 5.09. The Balaban J connectivity index is 1.86. The van der Waals surface area contributed by atoms with Crippen molar-refractivity contribution in [2.45, 2.75) is 31.6 Å². The van der Waals surface area contributed by atoms with E-state index >= 15 is 0 Å². The maximum Gasteiger partial charge on any atom is 0.230 e. The van der Waals surface area contributed by atoms with E-state index in [4.69, 9.17) is 11.6 Å². The topological polar surface area (TPSA) is 41.1 Å². The van der Waals surface area contributed by atoms with E-state index in [9.17, 15) is 4.79 Å². The zero-order valence-corrected chi connectivity index (χ0v) is 12.1. The molecule has 0 bridgehead atoms. The summed E-state index contributed by atoms with van der Waals surface area (Å²) in [6.07, 6.45) is 2.98. The first-order valence-electron chi connectivity index (χ1n) is 6.94. The van der Waals surface area contributed by atoms with Gasteiger partial charge in [-0.05, 0) is 43.5 Å². The van der Waals surface area contributed by atoms with Crippen molar-refractivity contribution in [2.24, 2.45) is 0 Å². The molecule has 104 valence electrons. The van der Waals surface area contributed by atoms with E-state index in [1.807, 2.05) is 24.3 Å². The molecule has 2 rings (SSSR count). The first kappa shape index (κ1) is 14.4. The van der Waals surface area contributed by atoms with E-state index in [0.717, 1.165) is 37.9 Å². The molecule has 0 aliphatic heterocycles. The summed E-state index contributed by atoms with van der Waals surface area (Å²) in [6, 6.07) is 7.63. The van der Waals surface area contributed by atoms with E-state index in [1.165, 1.54) is 0 Å². The van der Waals surface area contributed by atoms with Gasteiger partial charge in [0, 0.05) is 18.1 Å². The molecule has 1 aromatic rings. The molecular formula is C15H21ClN2O. The number of hydrogen-bond acceptors (Lipinski definition) is 2. The van der Waals surface area contributed by atoms with Crippen molar-refractivity contribution in [3.63, 3.8) is 0 Å². The van der Waals surface area contributed by atoms with Gasteiger partial charge in [-0.15, -0.1) is 0 Å². The van der Waals surface area contributed by atoms with Gasteiger partial charge in [0.1, 0.15) is 0 Å².